The van der Waals surface area contributed by atoms with Crippen molar-refractivity contribution in [3.63, 3.8) is 0 Å². The van der Waals surface area contributed by atoms with Crippen LogP contribution in [0.5, 0.6) is 0 Å². The van der Waals surface area contributed by atoms with Crippen LogP contribution in [0.4, 0.5) is 0 Å². The average molecular weight is 132 g/mol. The monoisotopic (exact) mass is 132 g/mol. The molecule has 0 atom stereocenters. The van der Waals surface area contributed by atoms with Gasteiger partial charge >= 0.3 is 0 Å². The lowest BCUT2D eigenvalue weighted by Gasteiger charge is -2.04. The minimum Gasteiger partial charge on any atom is -0.384 e. The van der Waals surface area contributed by atoms with E-state index in [4.69, 9.17) is 4.74 Å². The van der Waals surface area contributed by atoms with Crippen molar-refractivity contribution < 1.29 is 6.16 Å². The summed E-state index contributed by atoms with van der Waals surface area (Å²) in [6, 6.07) is 0. The van der Waals surface area contributed by atoms with Gasteiger partial charge in [-0.15, -0.1) is 0 Å². The summed E-state index contributed by atoms with van der Waals surface area (Å²) in [5, 5.41) is 0. The molecule has 0 aliphatic heterocycles. The molecule has 1 aliphatic carbocycles. The SMILES string of the molecule is C.COCC1CCCC1.[HH]. The van der Waals surface area contributed by atoms with Crippen molar-refractivity contribution in [3.05, 3.63) is 0 Å². The average Bonchev–Trinajstić information content (AvgIpc) is 2.19. The molecule has 0 spiro atoms. The highest BCUT2D eigenvalue weighted by molar-refractivity contribution is 4.65. The highest BCUT2D eigenvalue weighted by Gasteiger charge is 2.13. The Bertz CT molecular complexity index is 60.3. The summed E-state index contributed by atoms with van der Waals surface area (Å²) in [5.41, 5.74) is 0. The van der Waals surface area contributed by atoms with Crippen molar-refractivity contribution >= 4 is 0 Å². The number of hydrogen-bond acceptors (Lipinski definition) is 1. The van der Waals surface area contributed by atoms with Gasteiger partial charge in [0.25, 0.3) is 0 Å². The van der Waals surface area contributed by atoms with Gasteiger partial charge in [0.15, 0.2) is 0 Å². The second kappa shape index (κ2) is 4.80. The number of ether oxygens (including phenoxy) is 1. The van der Waals surface area contributed by atoms with Crippen LogP contribution in [0.25, 0.3) is 0 Å². The molecule has 0 aromatic heterocycles. The fourth-order valence-electron chi connectivity index (χ4n) is 1.41. The maximum Gasteiger partial charge on any atom is 0.0490 e. The first-order valence-electron chi connectivity index (χ1n) is 3.42. The van der Waals surface area contributed by atoms with Gasteiger partial charge in [-0.25, -0.2) is 0 Å². The van der Waals surface area contributed by atoms with Crippen LogP contribution in [0, 0.1) is 5.92 Å². The highest BCUT2D eigenvalue weighted by atomic mass is 16.5. The third-order valence-corrected chi connectivity index (χ3v) is 1.88. The second-order valence-corrected chi connectivity index (χ2v) is 2.61. The van der Waals surface area contributed by atoms with Crippen molar-refractivity contribution in [1.82, 2.24) is 0 Å². The van der Waals surface area contributed by atoms with Gasteiger partial charge in [-0.05, 0) is 18.8 Å². The van der Waals surface area contributed by atoms with Gasteiger partial charge in [0.05, 0.1) is 0 Å². The molecule has 0 amide bonds. The van der Waals surface area contributed by atoms with E-state index in [1.165, 1.54) is 25.7 Å². The van der Waals surface area contributed by atoms with Crippen LogP contribution in [0.3, 0.4) is 0 Å². The van der Waals surface area contributed by atoms with E-state index in [-0.39, 0.29) is 8.85 Å². The summed E-state index contributed by atoms with van der Waals surface area (Å²) in [6.07, 6.45) is 5.64. The molecule has 0 bridgehead atoms. The maximum atomic E-state index is 5.03. The summed E-state index contributed by atoms with van der Waals surface area (Å²) in [6.45, 7) is 0.986. The molecule has 1 fully saturated rings. The van der Waals surface area contributed by atoms with Crippen LogP contribution >= 0.6 is 0 Å². The smallest absolute Gasteiger partial charge is 0.0490 e. The Morgan fingerprint density at radius 3 is 2.44 bits per heavy atom. The number of methoxy groups -OCH3 is 1. The van der Waals surface area contributed by atoms with Crippen molar-refractivity contribution in [2.45, 2.75) is 33.1 Å². The number of rotatable bonds is 2. The molecule has 58 valence electrons. The molecule has 0 aromatic rings. The standard InChI is InChI=1S/C7H14O.CH4.H2/c1-8-6-7-4-2-3-5-7;;/h7H,2-6H2,1H3;1H4;1H. The molecule has 0 aromatic carbocycles. The van der Waals surface area contributed by atoms with E-state index in [1.807, 2.05) is 0 Å². The summed E-state index contributed by atoms with van der Waals surface area (Å²) < 4.78 is 5.03. The molecule has 1 nitrogen and oxygen atoms in total. The lowest BCUT2D eigenvalue weighted by atomic mass is 10.1. The van der Waals surface area contributed by atoms with E-state index < -0.39 is 0 Å². The quantitative estimate of drug-likeness (QED) is 0.561. The summed E-state index contributed by atoms with van der Waals surface area (Å²) in [5.74, 6) is 0.889. The summed E-state index contributed by atoms with van der Waals surface area (Å²) in [4.78, 5) is 0. The Labute approximate surface area is 59.9 Å². The molecule has 0 unspecified atom stereocenters. The fourth-order valence-corrected chi connectivity index (χ4v) is 1.41. The minimum absolute atomic E-state index is 0. The molecule has 0 radical (unpaired) electrons. The third kappa shape index (κ3) is 2.85. The van der Waals surface area contributed by atoms with Gasteiger partial charge in [0.1, 0.15) is 0 Å². The zero-order valence-electron chi connectivity index (χ0n) is 5.52. The van der Waals surface area contributed by atoms with Crippen LogP contribution in [-0.4, -0.2) is 13.7 Å². The van der Waals surface area contributed by atoms with E-state index in [2.05, 4.69) is 0 Å². The van der Waals surface area contributed by atoms with Crippen molar-refractivity contribution in [2.24, 2.45) is 5.92 Å². The van der Waals surface area contributed by atoms with E-state index in [0.29, 0.717) is 0 Å². The first kappa shape index (κ1) is 8.96. The first-order chi connectivity index (χ1) is 3.93. The Hall–Kier alpha value is -0.0400. The van der Waals surface area contributed by atoms with Gasteiger partial charge in [-0.2, -0.15) is 0 Å². The van der Waals surface area contributed by atoms with Crippen LogP contribution in [-0.2, 0) is 4.74 Å². The van der Waals surface area contributed by atoms with Gasteiger partial charge in [0, 0.05) is 15.1 Å². The molecule has 1 heteroatoms. The Balaban J connectivity index is 0. The van der Waals surface area contributed by atoms with Gasteiger partial charge in [-0.1, -0.05) is 20.3 Å². The highest BCUT2D eigenvalue weighted by Crippen LogP contribution is 2.24. The molecular weight excluding hydrogens is 112 g/mol. The molecule has 0 saturated heterocycles. The largest absolute Gasteiger partial charge is 0.384 e. The molecule has 1 aliphatic rings. The Morgan fingerprint density at radius 1 is 1.44 bits per heavy atom. The van der Waals surface area contributed by atoms with Crippen LogP contribution in [0.15, 0.2) is 0 Å². The Kier molecular flexibility index (Phi) is 4.78. The van der Waals surface area contributed by atoms with E-state index in [9.17, 15) is 0 Å². The van der Waals surface area contributed by atoms with Gasteiger partial charge in [0.2, 0.25) is 0 Å². The summed E-state index contributed by atoms with van der Waals surface area (Å²) in [7, 11) is 1.79. The van der Waals surface area contributed by atoms with E-state index in [0.717, 1.165) is 12.5 Å². The van der Waals surface area contributed by atoms with Crippen molar-refractivity contribution in [1.29, 1.82) is 0 Å². The minimum atomic E-state index is 0. The molecule has 1 saturated carbocycles. The zero-order chi connectivity index (χ0) is 5.82. The van der Waals surface area contributed by atoms with Crippen molar-refractivity contribution in [3.8, 4) is 0 Å². The number of hydrogen-bond donors (Lipinski definition) is 0. The Morgan fingerprint density at radius 2 is 2.00 bits per heavy atom. The van der Waals surface area contributed by atoms with Crippen LogP contribution in [0.1, 0.15) is 34.5 Å². The van der Waals surface area contributed by atoms with Crippen LogP contribution in [0.2, 0.25) is 0 Å². The molecule has 0 heterocycles. The molecule has 0 N–H and O–H groups in total. The lowest BCUT2D eigenvalue weighted by molar-refractivity contribution is 0.155. The zero-order valence-corrected chi connectivity index (χ0v) is 5.52. The van der Waals surface area contributed by atoms with Crippen LogP contribution < -0.4 is 0 Å². The normalized spacial score (nSPS) is 19.7. The lowest BCUT2D eigenvalue weighted by Crippen LogP contribution is -2.01. The predicted octanol–water partition coefficient (Wildman–Crippen LogP) is 2.71. The molecule has 9 heavy (non-hydrogen) atoms. The van der Waals surface area contributed by atoms with E-state index in [1.54, 1.807) is 7.11 Å². The third-order valence-electron chi connectivity index (χ3n) is 1.88. The fraction of sp³-hybridized carbons (Fsp3) is 1.00. The summed E-state index contributed by atoms with van der Waals surface area (Å²) >= 11 is 0. The van der Waals surface area contributed by atoms with Gasteiger partial charge in [-0.3, -0.25) is 0 Å². The van der Waals surface area contributed by atoms with Gasteiger partial charge < -0.3 is 4.74 Å². The predicted molar refractivity (Wildman–Crippen MR) is 42.7 cm³/mol. The van der Waals surface area contributed by atoms with E-state index >= 15 is 0 Å². The first-order valence-corrected chi connectivity index (χ1v) is 3.42. The molecule has 1 rings (SSSR count). The topological polar surface area (TPSA) is 9.23 Å². The van der Waals surface area contributed by atoms with Crippen molar-refractivity contribution in [2.75, 3.05) is 13.7 Å². The molecular formula is C8H20O. The second-order valence-electron chi connectivity index (χ2n) is 2.61. The maximum absolute atomic E-state index is 5.03.